The van der Waals surface area contributed by atoms with Gasteiger partial charge in [0.1, 0.15) is 65.5 Å². The Morgan fingerprint density at radius 2 is 1.53 bits per heavy atom. The average molecular weight is 490 g/mol. The molecular weight excluding hydrogens is 460 g/mol. The Morgan fingerprint density at radius 3 is 2.15 bits per heavy atom. The van der Waals surface area contributed by atoms with E-state index in [1.165, 1.54) is 27.0 Å². The third-order valence-corrected chi connectivity index (χ3v) is 5.78. The molecule has 1 aromatic carbocycles. The number of carbonyl (C=O) groups is 1. The minimum Gasteiger partial charge on any atom is -0.507 e. The van der Waals surface area contributed by atoms with Crippen molar-refractivity contribution >= 4 is 5.78 Å². The zero-order valence-corrected chi connectivity index (χ0v) is 18.7. The first-order valence-electron chi connectivity index (χ1n) is 10.6. The first-order valence-corrected chi connectivity index (χ1v) is 10.6. The number of aliphatic hydroxyl groups is 6. The van der Waals surface area contributed by atoms with Gasteiger partial charge in [-0.1, -0.05) is 0 Å². The van der Waals surface area contributed by atoms with Crippen LogP contribution in [0.2, 0.25) is 0 Å². The van der Waals surface area contributed by atoms with Gasteiger partial charge in [-0.25, -0.2) is 0 Å². The lowest BCUT2D eigenvalue weighted by atomic mass is 9.98. The molecule has 0 bridgehead atoms. The average Bonchev–Trinajstić information content (AvgIpc) is 2.79. The van der Waals surface area contributed by atoms with Crippen LogP contribution in [0.4, 0.5) is 0 Å². The highest BCUT2D eigenvalue weighted by Gasteiger charge is 2.47. The summed E-state index contributed by atoms with van der Waals surface area (Å²) < 4.78 is 26.9. The van der Waals surface area contributed by atoms with Crippen molar-refractivity contribution < 1.29 is 64.2 Å². The van der Waals surface area contributed by atoms with Crippen molar-refractivity contribution in [1.82, 2.24) is 0 Å². The zero-order valence-electron chi connectivity index (χ0n) is 18.7. The molecule has 13 nitrogen and oxygen atoms in total. The van der Waals surface area contributed by atoms with Crippen LogP contribution >= 0.6 is 0 Å². The summed E-state index contributed by atoms with van der Waals surface area (Å²) in [5.74, 6) is -0.953. The molecule has 0 amide bonds. The number of aromatic hydroxyl groups is 1. The van der Waals surface area contributed by atoms with E-state index in [1.54, 1.807) is 0 Å². The lowest BCUT2D eigenvalue weighted by Gasteiger charge is -2.42. The van der Waals surface area contributed by atoms with E-state index in [-0.39, 0.29) is 17.1 Å². The predicted molar refractivity (Wildman–Crippen MR) is 110 cm³/mol. The Hall–Kier alpha value is -2.07. The van der Waals surface area contributed by atoms with Crippen LogP contribution in [0.15, 0.2) is 12.1 Å². The van der Waals surface area contributed by atoms with E-state index in [2.05, 4.69) is 0 Å². The maximum absolute atomic E-state index is 11.7. The molecule has 2 aliphatic heterocycles. The Labute approximate surface area is 194 Å². The summed E-state index contributed by atoms with van der Waals surface area (Å²) in [5, 5.41) is 70.7. The van der Waals surface area contributed by atoms with Crippen LogP contribution in [0.5, 0.6) is 17.2 Å². The Balaban J connectivity index is 1.72. The summed E-state index contributed by atoms with van der Waals surface area (Å²) in [6.45, 7) is 2.24. The van der Waals surface area contributed by atoms with Gasteiger partial charge in [-0.05, 0) is 13.8 Å². The number of phenols is 1. The van der Waals surface area contributed by atoms with Gasteiger partial charge in [0.2, 0.25) is 6.29 Å². The summed E-state index contributed by atoms with van der Waals surface area (Å²) in [5.41, 5.74) is -0.0748. The molecule has 13 heteroatoms. The van der Waals surface area contributed by atoms with Crippen LogP contribution in [0, 0.1) is 0 Å². The number of ether oxygens (including phenoxy) is 5. The Bertz CT molecular complexity index is 863. The molecular formula is C21H30O13. The van der Waals surface area contributed by atoms with Gasteiger partial charge in [0.25, 0.3) is 0 Å². The normalized spacial score (nSPS) is 38.4. The lowest BCUT2D eigenvalue weighted by molar-refractivity contribution is -0.318. The molecule has 10 atom stereocenters. The molecule has 0 aliphatic carbocycles. The van der Waals surface area contributed by atoms with Crippen LogP contribution < -0.4 is 9.47 Å². The van der Waals surface area contributed by atoms with E-state index >= 15 is 0 Å². The summed E-state index contributed by atoms with van der Waals surface area (Å²) in [4.78, 5) is 11.7. The molecule has 2 aliphatic rings. The molecule has 2 heterocycles. The monoisotopic (exact) mass is 490 g/mol. The number of hydrogen-bond donors (Lipinski definition) is 7. The fourth-order valence-corrected chi connectivity index (χ4v) is 3.79. The summed E-state index contributed by atoms with van der Waals surface area (Å²) in [6, 6.07) is 2.37. The van der Waals surface area contributed by atoms with Gasteiger partial charge in [-0.3, -0.25) is 4.79 Å². The molecule has 0 saturated carbocycles. The SMILES string of the molecule is COc1cc(OC2OC(COC3OC(C)C(O)C(O)C3O)C(O)C(O)C2O)cc(O)c1C(C)=O. The number of phenolic OH excluding ortho intramolecular Hbond substituents is 1. The van der Waals surface area contributed by atoms with Gasteiger partial charge < -0.3 is 59.4 Å². The second kappa shape index (κ2) is 10.7. The quantitative estimate of drug-likeness (QED) is 0.200. The molecule has 192 valence electrons. The maximum Gasteiger partial charge on any atom is 0.229 e. The highest BCUT2D eigenvalue weighted by molar-refractivity contribution is 5.99. The van der Waals surface area contributed by atoms with Gasteiger partial charge in [-0.2, -0.15) is 0 Å². The molecule has 3 rings (SSSR count). The third kappa shape index (κ3) is 5.27. The smallest absolute Gasteiger partial charge is 0.229 e. The lowest BCUT2D eigenvalue weighted by Crippen LogP contribution is -2.61. The molecule has 2 fully saturated rings. The number of benzene rings is 1. The Morgan fingerprint density at radius 1 is 0.912 bits per heavy atom. The predicted octanol–water partition coefficient (Wildman–Crippen LogP) is -2.37. The molecule has 0 aromatic heterocycles. The molecule has 0 radical (unpaired) electrons. The fraction of sp³-hybridized carbons (Fsp3) is 0.667. The van der Waals surface area contributed by atoms with Crippen LogP contribution in [-0.2, 0) is 14.2 Å². The van der Waals surface area contributed by atoms with Gasteiger partial charge in [0.05, 0.1) is 19.8 Å². The minimum atomic E-state index is -1.72. The largest absolute Gasteiger partial charge is 0.507 e. The van der Waals surface area contributed by atoms with E-state index in [0.29, 0.717) is 0 Å². The second-order valence-electron chi connectivity index (χ2n) is 8.22. The Kier molecular flexibility index (Phi) is 8.34. The van der Waals surface area contributed by atoms with Crippen LogP contribution in [0.25, 0.3) is 0 Å². The van der Waals surface area contributed by atoms with Crippen LogP contribution in [0.1, 0.15) is 24.2 Å². The van der Waals surface area contributed by atoms with E-state index in [4.69, 9.17) is 23.7 Å². The topological polar surface area (TPSA) is 205 Å². The summed E-state index contributed by atoms with van der Waals surface area (Å²) in [7, 11) is 1.28. The van der Waals surface area contributed by atoms with Gasteiger partial charge >= 0.3 is 0 Å². The number of ketones is 1. The van der Waals surface area contributed by atoms with Gasteiger partial charge in [0, 0.05) is 12.1 Å². The molecule has 1 aromatic rings. The summed E-state index contributed by atoms with van der Waals surface area (Å²) >= 11 is 0. The fourth-order valence-electron chi connectivity index (χ4n) is 3.79. The maximum atomic E-state index is 11.7. The van der Waals surface area contributed by atoms with E-state index < -0.39 is 79.6 Å². The van der Waals surface area contributed by atoms with Crippen molar-refractivity contribution in [3.8, 4) is 17.2 Å². The highest BCUT2D eigenvalue weighted by atomic mass is 16.7. The van der Waals surface area contributed by atoms with E-state index in [1.807, 2.05) is 0 Å². The van der Waals surface area contributed by atoms with Crippen LogP contribution in [-0.4, -0.2) is 117 Å². The molecule has 2 saturated heterocycles. The number of hydrogen-bond acceptors (Lipinski definition) is 13. The van der Waals surface area contributed by atoms with Crippen molar-refractivity contribution in [1.29, 1.82) is 0 Å². The molecule has 0 spiro atoms. The van der Waals surface area contributed by atoms with Crippen molar-refractivity contribution in [2.45, 2.75) is 75.3 Å². The number of carbonyl (C=O) groups excluding carboxylic acids is 1. The van der Waals surface area contributed by atoms with Gasteiger partial charge in [-0.15, -0.1) is 0 Å². The van der Waals surface area contributed by atoms with E-state index in [0.717, 1.165) is 6.07 Å². The van der Waals surface area contributed by atoms with Crippen LogP contribution in [0.3, 0.4) is 0 Å². The van der Waals surface area contributed by atoms with Gasteiger partial charge in [0.15, 0.2) is 12.1 Å². The zero-order chi connectivity index (χ0) is 25.3. The second-order valence-corrected chi connectivity index (χ2v) is 8.22. The first-order chi connectivity index (χ1) is 16.0. The van der Waals surface area contributed by atoms with E-state index in [9.17, 15) is 40.5 Å². The number of Topliss-reactive ketones (excluding diaryl/α,β-unsaturated/α-hetero) is 1. The van der Waals surface area contributed by atoms with Crippen molar-refractivity contribution in [3.63, 3.8) is 0 Å². The molecule has 10 unspecified atom stereocenters. The number of aliphatic hydroxyl groups excluding tert-OH is 6. The minimum absolute atomic E-state index is 0.00608. The van der Waals surface area contributed by atoms with Crippen molar-refractivity contribution in [3.05, 3.63) is 17.7 Å². The standard InChI is InChI=1S/C21H30O13/c1-7(22)13-10(23)4-9(5-11(13)30-3)33-21-19(29)17(27)15(25)12(34-21)6-31-20-18(28)16(26)14(24)8(2)32-20/h4-5,8,12,14-21,23-29H,6H2,1-3H3. The highest BCUT2D eigenvalue weighted by Crippen LogP contribution is 2.35. The number of rotatable bonds is 7. The number of methoxy groups -OCH3 is 1. The third-order valence-electron chi connectivity index (χ3n) is 5.78. The molecule has 34 heavy (non-hydrogen) atoms. The van der Waals surface area contributed by atoms with Crippen molar-refractivity contribution in [2.75, 3.05) is 13.7 Å². The summed E-state index contributed by atoms with van der Waals surface area (Å²) in [6.07, 6.45) is -14.5. The first kappa shape index (κ1) is 26.5. The molecule has 7 N–H and O–H groups in total. The van der Waals surface area contributed by atoms with Crippen molar-refractivity contribution in [2.24, 2.45) is 0 Å².